The van der Waals surface area contributed by atoms with E-state index >= 15 is 0 Å². The van der Waals surface area contributed by atoms with Gasteiger partial charge in [0.05, 0.1) is 0 Å². The summed E-state index contributed by atoms with van der Waals surface area (Å²) in [6, 6.07) is 5.68. The van der Waals surface area contributed by atoms with Gasteiger partial charge in [-0.2, -0.15) is 0 Å². The Labute approximate surface area is 90.1 Å². The molecular weight excluding hydrogens is 191 g/mol. The van der Waals surface area contributed by atoms with Gasteiger partial charge in [0.15, 0.2) is 0 Å². The number of nitrogens with zero attached hydrogens (tertiary/aromatic N) is 1. The van der Waals surface area contributed by atoms with Gasteiger partial charge in [0.2, 0.25) is 0 Å². The van der Waals surface area contributed by atoms with Crippen LogP contribution in [0.15, 0.2) is 18.2 Å². The van der Waals surface area contributed by atoms with Gasteiger partial charge in [0.1, 0.15) is 5.82 Å². The van der Waals surface area contributed by atoms with Crippen LogP contribution >= 0.6 is 0 Å². The molecule has 1 atom stereocenters. The third-order valence-electron chi connectivity index (χ3n) is 2.94. The molecule has 15 heavy (non-hydrogen) atoms. The summed E-state index contributed by atoms with van der Waals surface area (Å²) >= 11 is 0. The van der Waals surface area contributed by atoms with Crippen LogP contribution in [0.5, 0.6) is 0 Å². The van der Waals surface area contributed by atoms with Crippen molar-refractivity contribution in [3.8, 4) is 0 Å². The summed E-state index contributed by atoms with van der Waals surface area (Å²) in [5.41, 5.74) is 1.72. The Morgan fingerprint density at radius 2 is 2.20 bits per heavy atom. The number of nitrogens with one attached hydrogen (secondary N) is 1. The Hall–Kier alpha value is -1.09. The number of anilines is 1. The smallest absolute Gasteiger partial charge is 0.130 e. The molecule has 2 nitrogen and oxygen atoms in total. The van der Waals surface area contributed by atoms with Crippen LogP contribution in [0.1, 0.15) is 24.4 Å². The van der Waals surface area contributed by atoms with E-state index in [0.717, 1.165) is 30.6 Å². The van der Waals surface area contributed by atoms with Crippen molar-refractivity contribution in [2.75, 3.05) is 25.5 Å². The first-order valence-electron chi connectivity index (χ1n) is 5.38. The standard InChI is InChI=1S/C12H17FN2/c1-15(2)9-5-6-10(11(13)8-9)12-4-3-7-14-12/h5-6,8,12,14H,3-4,7H2,1-2H3/t12-/m1/s1. The molecule has 82 valence electrons. The van der Waals surface area contributed by atoms with Crippen molar-refractivity contribution in [1.29, 1.82) is 0 Å². The molecule has 0 saturated carbocycles. The van der Waals surface area contributed by atoms with Crippen LogP contribution in [0.25, 0.3) is 0 Å². The van der Waals surface area contributed by atoms with E-state index in [4.69, 9.17) is 0 Å². The Bertz CT molecular complexity index is 343. The normalized spacial score (nSPS) is 20.6. The highest BCUT2D eigenvalue weighted by atomic mass is 19.1. The van der Waals surface area contributed by atoms with Crippen molar-refractivity contribution in [3.63, 3.8) is 0 Å². The van der Waals surface area contributed by atoms with E-state index in [0.29, 0.717) is 0 Å². The van der Waals surface area contributed by atoms with E-state index in [-0.39, 0.29) is 11.9 Å². The Morgan fingerprint density at radius 3 is 2.73 bits per heavy atom. The van der Waals surface area contributed by atoms with E-state index in [1.165, 1.54) is 0 Å². The SMILES string of the molecule is CN(C)c1ccc([C@H]2CCCN2)c(F)c1. The largest absolute Gasteiger partial charge is 0.378 e. The second-order valence-electron chi connectivity index (χ2n) is 4.25. The molecule has 1 fully saturated rings. The predicted molar refractivity (Wildman–Crippen MR) is 60.7 cm³/mol. The lowest BCUT2D eigenvalue weighted by atomic mass is 10.0. The van der Waals surface area contributed by atoms with E-state index in [1.54, 1.807) is 6.07 Å². The fourth-order valence-electron chi connectivity index (χ4n) is 2.03. The monoisotopic (exact) mass is 208 g/mol. The molecule has 2 rings (SSSR count). The van der Waals surface area contributed by atoms with Crippen molar-refractivity contribution in [2.45, 2.75) is 18.9 Å². The minimum Gasteiger partial charge on any atom is -0.378 e. The van der Waals surface area contributed by atoms with Crippen LogP contribution in [0.4, 0.5) is 10.1 Å². The van der Waals surface area contributed by atoms with Gasteiger partial charge in [0, 0.05) is 31.4 Å². The fraction of sp³-hybridized carbons (Fsp3) is 0.500. The Balaban J connectivity index is 2.25. The highest BCUT2D eigenvalue weighted by Crippen LogP contribution is 2.27. The molecule has 0 spiro atoms. The second kappa shape index (κ2) is 4.19. The van der Waals surface area contributed by atoms with Crippen molar-refractivity contribution >= 4 is 5.69 Å². The zero-order chi connectivity index (χ0) is 10.8. The average Bonchev–Trinajstić information content (AvgIpc) is 2.70. The minimum atomic E-state index is -0.0967. The molecule has 1 N–H and O–H groups in total. The van der Waals surface area contributed by atoms with Crippen LogP contribution in [0.3, 0.4) is 0 Å². The number of rotatable bonds is 2. The van der Waals surface area contributed by atoms with Gasteiger partial charge in [-0.3, -0.25) is 0 Å². The topological polar surface area (TPSA) is 15.3 Å². The zero-order valence-electron chi connectivity index (χ0n) is 9.26. The minimum absolute atomic E-state index is 0.0967. The van der Waals surface area contributed by atoms with Crippen LogP contribution in [0, 0.1) is 5.82 Å². The number of hydrogen-bond acceptors (Lipinski definition) is 2. The molecule has 0 amide bonds. The molecule has 1 aliphatic heterocycles. The first-order chi connectivity index (χ1) is 7.18. The summed E-state index contributed by atoms with van der Waals surface area (Å²) in [5.74, 6) is -0.0967. The molecule has 3 heteroatoms. The maximum absolute atomic E-state index is 13.8. The molecule has 1 saturated heterocycles. The van der Waals surface area contributed by atoms with E-state index in [9.17, 15) is 4.39 Å². The molecular formula is C12H17FN2. The van der Waals surface area contributed by atoms with Crippen molar-refractivity contribution in [1.82, 2.24) is 5.32 Å². The summed E-state index contributed by atoms with van der Waals surface area (Å²) < 4.78 is 13.8. The van der Waals surface area contributed by atoms with E-state index in [2.05, 4.69) is 5.32 Å². The summed E-state index contributed by atoms with van der Waals surface area (Å²) in [5, 5.41) is 3.31. The van der Waals surface area contributed by atoms with Crippen LogP contribution in [0.2, 0.25) is 0 Å². The fourth-order valence-corrected chi connectivity index (χ4v) is 2.03. The quantitative estimate of drug-likeness (QED) is 0.802. The van der Waals surface area contributed by atoms with E-state index in [1.807, 2.05) is 31.1 Å². The van der Waals surface area contributed by atoms with Gasteiger partial charge < -0.3 is 10.2 Å². The molecule has 0 radical (unpaired) electrons. The van der Waals surface area contributed by atoms with Gasteiger partial charge in [-0.05, 0) is 31.5 Å². The maximum atomic E-state index is 13.8. The molecule has 1 aliphatic rings. The molecule has 0 aromatic heterocycles. The van der Waals surface area contributed by atoms with Gasteiger partial charge in [-0.15, -0.1) is 0 Å². The van der Waals surface area contributed by atoms with Crippen molar-refractivity contribution in [2.24, 2.45) is 0 Å². The summed E-state index contributed by atoms with van der Waals surface area (Å²) in [4.78, 5) is 1.91. The Kier molecular flexibility index (Phi) is 2.91. The molecule has 1 aromatic carbocycles. The average molecular weight is 208 g/mol. The first-order valence-corrected chi connectivity index (χ1v) is 5.38. The van der Waals surface area contributed by atoms with E-state index < -0.39 is 0 Å². The lowest BCUT2D eigenvalue weighted by molar-refractivity contribution is 0.559. The highest BCUT2D eigenvalue weighted by Gasteiger charge is 2.19. The third kappa shape index (κ3) is 2.12. The van der Waals surface area contributed by atoms with Crippen molar-refractivity contribution < 1.29 is 4.39 Å². The molecule has 0 unspecified atom stereocenters. The van der Waals surface area contributed by atoms with Crippen LogP contribution in [-0.4, -0.2) is 20.6 Å². The van der Waals surface area contributed by atoms with Gasteiger partial charge in [0.25, 0.3) is 0 Å². The summed E-state index contributed by atoms with van der Waals surface area (Å²) in [6.07, 6.45) is 2.18. The van der Waals surface area contributed by atoms with Crippen LogP contribution in [-0.2, 0) is 0 Å². The van der Waals surface area contributed by atoms with Crippen molar-refractivity contribution in [3.05, 3.63) is 29.6 Å². The summed E-state index contributed by atoms with van der Waals surface area (Å²) in [6.45, 7) is 1.000. The highest BCUT2D eigenvalue weighted by molar-refractivity contribution is 5.47. The number of halogens is 1. The zero-order valence-corrected chi connectivity index (χ0v) is 9.26. The number of hydrogen-bond donors (Lipinski definition) is 1. The van der Waals surface area contributed by atoms with Gasteiger partial charge >= 0.3 is 0 Å². The third-order valence-corrected chi connectivity index (χ3v) is 2.94. The first kappa shape index (κ1) is 10.4. The summed E-state index contributed by atoms with van der Waals surface area (Å²) in [7, 11) is 3.84. The van der Waals surface area contributed by atoms with Gasteiger partial charge in [-0.1, -0.05) is 6.07 Å². The molecule has 0 bridgehead atoms. The molecule has 1 aromatic rings. The predicted octanol–water partition coefficient (Wildman–Crippen LogP) is 2.32. The second-order valence-corrected chi connectivity index (χ2v) is 4.25. The Morgan fingerprint density at radius 1 is 1.40 bits per heavy atom. The number of benzene rings is 1. The van der Waals surface area contributed by atoms with Crippen LogP contribution < -0.4 is 10.2 Å². The lowest BCUT2D eigenvalue weighted by Gasteiger charge is -2.16. The van der Waals surface area contributed by atoms with Gasteiger partial charge in [-0.25, -0.2) is 4.39 Å². The molecule has 0 aliphatic carbocycles. The maximum Gasteiger partial charge on any atom is 0.130 e. The lowest BCUT2D eigenvalue weighted by Crippen LogP contribution is -2.15. The molecule has 1 heterocycles.